The van der Waals surface area contributed by atoms with Gasteiger partial charge in [0.05, 0.1) is 0 Å². The Bertz CT molecular complexity index is 847. The summed E-state index contributed by atoms with van der Waals surface area (Å²) in [6.07, 6.45) is 5.71. The van der Waals surface area contributed by atoms with E-state index < -0.39 is 0 Å². The number of amides is 2. The van der Waals surface area contributed by atoms with E-state index in [4.69, 9.17) is 0 Å². The number of benzene rings is 2. The number of nitrogens with one attached hydrogen (secondary N) is 1. The van der Waals surface area contributed by atoms with Gasteiger partial charge in [-0.05, 0) is 49.1 Å². The molecular weight excluding hydrogens is 368 g/mol. The van der Waals surface area contributed by atoms with E-state index in [0.717, 1.165) is 55.8 Å². The largest absolute Gasteiger partial charge is 0.326 e. The number of carbonyl (C=O) groups is 2. The summed E-state index contributed by atoms with van der Waals surface area (Å²) >= 11 is 1.68. The Kier molecular flexibility index (Phi) is 6.01. The summed E-state index contributed by atoms with van der Waals surface area (Å²) in [6, 6.07) is 16.1. The van der Waals surface area contributed by atoms with Gasteiger partial charge in [0.15, 0.2) is 0 Å². The summed E-state index contributed by atoms with van der Waals surface area (Å²) in [6.45, 7) is 0.760. The van der Waals surface area contributed by atoms with Gasteiger partial charge in [0.1, 0.15) is 0 Å². The van der Waals surface area contributed by atoms with Crippen LogP contribution >= 0.6 is 11.8 Å². The zero-order valence-corrected chi connectivity index (χ0v) is 16.8. The van der Waals surface area contributed by atoms with Crippen molar-refractivity contribution in [3.8, 4) is 0 Å². The number of carbonyl (C=O) groups excluding carboxylic acids is 2. The summed E-state index contributed by atoms with van der Waals surface area (Å²) in [4.78, 5) is 28.3. The second-order valence-corrected chi connectivity index (χ2v) is 8.69. The second kappa shape index (κ2) is 8.82. The standard InChI is InChI=1S/C23H26N2O2S/c26-22(13-15-28-20-8-2-1-3-9-20)24-19-11-10-17-12-14-25(21(17)16-19)23(27)18-6-4-5-7-18/h1-3,8-11,16,18H,4-7,12-15H2,(H,24,26). The molecule has 1 N–H and O–H groups in total. The van der Waals surface area contributed by atoms with E-state index in [9.17, 15) is 9.59 Å². The van der Waals surface area contributed by atoms with E-state index in [0.29, 0.717) is 6.42 Å². The molecule has 4 nitrogen and oxygen atoms in total. The fourth-order valence-electron chi connectivity index (χ4n) is 4.08. The van der Waals surface area contributed by atoms with Crippen molar-refractivity contribution in [2.75, 3.05) is 22.5 Å². The molecule has 0 bridgehead atoms. The van der Waals surface area contributed by atoms with Crippen LogP contribution in [-0.2, 0) is 16.0 Å². The maximum atomic E-state index is 12.9. The van der Waals surface area contributed by atoms with E-state index in [1.807, 2.05) is 41.3 Å². The van der Waals surface area contributed by atoms with Crippen LogP contribution in [0.2, 0.25) is 0 Å². The zero-order chi connectivity index (χ0) is 19.3. The molecule has 1 heterocycles. The molecule has 4 rings (SSSR count). The highest BCUT2D eigenvalue weighted by atomic mass is 32.2. The maximum Gasteiger partial charge on any atom is 0.230 e. The summed E-state index contributed by atoms with van der Waals surface area (Å²) < 4.78 is 0. The first-order valence-electron chi connectivity index (χ1n) is 10.1. The molecule has 1 aliphatic heterocycles. The van der Waals surface area contributed by atoms with Crippen molar-refractivity contribution in [1.29, 1.82) is 0 Å². The molecule has 0 unspecified atom stereocenters. The molecule has 2 aromatic rings. The number of hydrogen-bond acceptors (Lipinski definition) is 3. The lowest BCUT2D eigenvalue weighted by molar-refractivity contribution is -0.122. The van der Waals surface area contributed by atoms with Crippen molar-refractivity contribution in [2.45, 2.75) is 43.4 Å². The van der Waals surface area contributed by atoms with E-state index in [2.05, 4.69) is 17.4 Å². The monoisotopic (exact) mass is 394 g/mol. The Labute approximate surface area is 170 Å². The Balaban J connectivity index is 1.35. The SMILES string of the molecule is O=C(CCSc1ccccc1)Nc1ccc2c(c1)N(C(=O)C1CCCC1)CC2. The minimum atomic E-state index is 0.00930. The Morgan fingerprint density at radius 3 is 2.64 bits per heavy atom. The summed E-state index contributed by atoms with van der Waals surface area (Å²) in [5, 5.41) is 3.00. The van der Waals surface area contributed by atoms with Crippen molar-refractivity contribution in [3.63, 3.8) is 0 Å². The molecule has 28 heavy (non-hydrogen) atoms. The average molecular weight is 395 g/mol. The Morgan fingerprint density at radius 2 is 1.86 bits per heavy atom. The molecule has 0 saturated heterocycles. The minimum Gasteiger partial charge on any atom is -0.326 e. The van der Waals surface area contributed by atoms with Gasteiger partial charge in [-0.15, -0.1) is 11.8 Å². The van der Waals surface area contributed by atoms with Crippen LogP contribution in [-0.4, -0.2) is 24.1 Å². The lowest BCUT2D eigenvalue weighted by atomic mass is 10.1. The van der Waals surface area contributed by atoms with Gasteiger partial charge in [-0.25, -0.2) is 0 Å². The normalized spacial score (nSPS) is 16.2. The van der Waals surface area contributed by atoms with Crippen molar-refractivity contribution < 1.29 is 9.59 Å². The Hall–Kier alpha value is -2.27. The number of hydrogen-bond donors (Lipinski definition) is 1. The smallest absolute Gasteiger partial charge is 0.230 e. The summed E-state index contributed by atoms with van der Waals surface area (Å²) in [5.41, 5.74) is 2.96. The predicted molar refractivity (Wildman–Crippen MR) is 115 cm³/mol. The lowest BCUT2D eigenvalue weighted by Gasteiger charge is -2.21. The van der Waals surface area contributed by atoms with Gasteiger partial charge in [0.2, 0.25) is 11.8 Å². The molecular formula is C23H26N2O2S. The van der Waals surface area contributed by atoms with E-state index in [1.54, 1.807) is 11.8 Å². The van der Waals surface area contributed by atoms with Gasteiger partial charge in [-0.2, -0.15) is 0 Å². The lowest BCUT2D eigenvalue weighted by Crippen LogP contribution is -2.33. The molecule has 5 heteroatoms. The topological polar surface area (TPSA) is 49.4 Å². The van der Waals surface area contributed by atoms with Crippen molar-refractivity contribution >= 4 is 35.0 Å². The summed E-state index contributed by atoms with van der Waals surface area (Å²) in [5.74, 6) is 1.20. The quantitative estimate of drug-likeness (QED) is 0.710. The van der Waals surface area contributed by atoms with Crippen LogP contribution in [0, 0.1) is 5.92 Å². The number of rotatable bonds is 6. The average Bonchev–Trinajstić information content (AvgIpc) is 3.38. The first kappa shape index (κ1) is 19.1. The molecule has 2 aromatic carbocycles. The molecule has 1 saturated carbocycles. The third-order valence-electron chi connectivity index (χ3n) is 5.58. The van der Waals surface area contributed by atoms with E-state index >= 15 is 0 Å². The Morgan fingerprint density at radius 1 is 1.07 bits per heavy atom. The van der Waals surface area contributed by atoms with Crippen molar-refractivity contribution in [2.24, 2.45) is 5.92 Å². The molecule has 0 atom stereocenters. The highest BCUT2D eigenvalue weighted by molar-refractivity contribution is 7.99. The van der Waals surface area contributed by atoms with E-state index in [1.165, 1.54) is 10.5 Å². The number of thioether (sulfide) groups is 1. The first-order valence-corrected chi connectivity index (χ1v) is 11.1. The van der Waals surface area contributed by atoms with Gasteiger partial charge >= 0.3 is 0 Å². The molecule has 0 aromatic heterocycles. The molecule has 1 aliphatic carbocycles. The highest BCUT2D eigenvalue weighted by Gasteiger charge is 2.31. The van der Waals surface area contributed by atoms with Gasteiger partial charge in [0.25, 0.3) is 0 Å². The fraction of sp³-hybridized carbons (Fsp3) is 0.391. The molecule has 2 amide bonds. The molecule has 0 spiro atoms. The van der Waals surface area contributed by atoms with Crippen LogP contribution in [0.3, 0.4) is 0 Å². The van der Waals surface area contributed by atoms with Crippen LogP contribution in [0.15, 0.2) is 53.4 Å². The minimum absolute atomic E-state index is 0.00930. The molecule has 2 aliphatic rings. The van der Waals surface area contributed by atoms with Gasteiger partial charge in [-0.1, -0.05) is 37.1 Å². The second-order valence-electron chi connectivity index (χ2n) is 7.52. The van der Waals surface area contributed by atoms with Gasteiger partial charge < -0.3 is 10.2 Å². The van der Waals surface area contributed by atoms with Crippen LogP contribution in [0.5, 0.6) is 0 Å². The van der Waals surface area contributed by atoms with Crippen LogP contribution < -0.4 is 10.2 Å². The van der Waals surface area contributed by atoms with Gasteiger partial charge in [-0.3, -0.25) is 9.59 Å². The van der Waals surface area contributed by atoms with Gasteiger partial charge in [0, 0.05) is 40.9 Å². The van der Waals surface area contributed by atoms with Crippen molar-refractivity contribution in [1.82, 2.24) is 0 Å². The van der Waals surface area contributed by atoms with Crippen LogP contribution in [0.4, 0.5) is 11.4 Å². The maximum absolute atomic E-state index is 12.9. The molecule has 1 fully saturated rings. The van der Waals surface area contributed by atoms with Crippen LogP contribution in [0.25, 0.3) is 0 Å². The number of anilines is 2. The van der Waals surface area contributed by atoms with Crippen molar-refractivity contribution in [3.05, 3.63) is 54.1 Å². The third-order valence-corrected chi connectivity index (χ3v) is 6.59. The highest BCUT2D eigenvalue weighted by Crippen LogP contribution is 2.35. The summed E-state index contributed by atoms with van der Waals surface area (Å²) in [7, 11) is 0. The van der Waals surface area contributed by atoms with Crippen LogP contribution in [0.1, 0.15) is 37.7 Å². The van der Waals surface area contributed by atoms with E-state index in [-0.39, 0.29) is 17.7 Å². The third kappa shape index (κ3) is 4.41. The number of fused-ring (bicyclic) bond motifs is 1. The molecule has 0 radical (unpaired) electrons. The predicted octanol–water partition coefficient (Wildman–Crippen LogP) is 4.89. The number of nitrogens with zero attached hydrogens (tertiary/aromatic N) is 1. The molecule has 146 valence electrons. The fourth-order valence-corrected chi connectivity index (χ4v) is 4.95. The zero-order valence-electron chi connectivity index (χ0n) is 16.0. The first-order chi connectivity index (χ1) is 13.7.